The molecule has 288 valence electrons. The van der Waals surface area contributed by atoms with Crippen molar-refractivity contribution in [3.05, 3.63) is 0 Å². The van der Waals surface area contributed by atoms with Crippen LogP contribution < -0.4 is 10.2 Å². The van der Waals surface area contributed by atoms with Gasteiger partial charge < -0.3 is 38.2 Å². The van der Waals surface area contributed by atoms with Gasteiger partial charge in [0, 0.05) is 0 Å². The van der Waals surface area contributed by atoms with Crippen molar-refractivity contribution < 1.29 is 47.8 Å². The minimum absolute atomic E-state index is 0.294. The summed E-state index contributed by atoms with van der Waals surface area (Å²) in [5, 5.41) is 19.7. The molecular formula is C38H78N2O8. The van der Waals surface area contributed by atoms with Gasteiger partial charge in [0.05, 0.1) is 90.4 Å². The van der Waals surface area contributed by atoms with Crippen molar-refractivity contribution in [1.82, 2.24) is 0 Å². The molecule has 0 spiro atoms. The van der Waals surface area contributed by atoms with E-state index in [1.165, 1.54) is 113 Å². The Morgan fingerprint density at radius 3 is 0.750 bits per heavy atom. The topological polar surface area (TPSA) is 133 Å². The normalized spacial score (nSPS) is 10.7. The van der Waals surface area contributed by atoms with E-state index in [0.29, 0.717) is 13.2 Å². The zero-order chi connectivity index (χ0) is 37.7. The predicted octanol–water partition coefficient (Wildman–Crippen LogP) is 5.83. The van der Waals surface area contributed by atoms with Gasteiger partial charge in [-0.25, -0.2) is 0 Å². The van der Waals surface area contributed by atoms with Gasteiger partial charge in [-0.2, -0.15) is 0 Å². The highest BCUT2D eigenvalue weighted by molar-refractivity contribution is 5.89. The molecule has 0 amide bonds. The van der Waals surface area contributed by atoms with Crippen LogP contribution in [0.25, 0.3) is 0 Å². The quantitative estimate of drug-likeness (QED) is 0.0480. The summed E-state index contributed by atoms with van der Waals surface area (Å²) in [7, 11) is 0. The van der Waals surface area contributed by atoms with E-state index in [2.05, 4.69) is 64.9 Å². The molecule has 0 aliphatic rings. The van der Waals surface area contributed by atoms with Gasteiger partial charge >= 0.3 is 11.9 Å². The van der Waals surface area contributed by atoms with Crippen molar-refractivity contribution in [2.75, 3.05) is 65.6 Å². The fraction of sp³-hybridized carbons (Fsp3) is 0.895. The highest BCUT2D eigenvalue weighted by atomic mass is 16.5. The van der Waals surface area contributed by atoms with Crippen LogP contribution >= 0.6 is 0 Å². The first-order valence-corrected chi connectivity index (χ1v) is 19.2. The zero-order valence-corrected chi connectivity index (χ0v) is 33.1. The summed E-state index contributed by atoms with van der Waals surface area (Å²) in [6.45, 7) is 34.1. The number of hydrogen-bond donors (Lipinski definition) is 0. The van der Waals surface area contributed by atoms with Crippen molar-refractivity contribution in [3.63, 3.8) is 0 Å². The first-order chi connectivity index (χ1) is 22.8. The summed E-state index contributed by atoms with van der Waals surface area (Å²) in [6, 6.07) is 0. The van der Waals surface area contributed by atoms with Crippen LogP contribution in [0.3, 0.4) is 0 Å². The lowest BCUT2D eigenvalue weighted by Crippen LogP contribution is -2.50. The first kappa shape index (κ1) is 52.6. The van der Waals surface area contributed by atoms with Crippen LogP contribution in [0.5, 0.6) is 0 Å². The molecule has 48 heavy (non-hydrogen) atoms. The van der Waals surface area contributed by atoms with Crippen molar-refractivity contribution in [2.45, 2.75) is 159 Å². The Morgan fingerprint density at radius 1 is 0.396 bits per heavy atom. The smallest absolute Gasteiger partial charge is 0.311 e. The van der Waals surface area contributed by atoms with Crippen LogP contribution in [0.4, 0.5) is 0 Å². The van der Waals surface area contributed by atoms with Crippen LogP contribution in [0.2, 0.25) is 0 Å². The molecule has 0 rings (SSSR count). The molecule has 0 aromatic rings. The number of nitrogens with zero attached hydrogens (tertiary/aromatic N) is 2. The molecule has 0 aliphatic carbocycles. The second-order valence-corrected chi connectivity index (χ2v) is 12.7. The fourth-order valence-corrected chi connectivity index (χ4v) is 6.13. The summed E-state index contributed by atoms with van der Waals surface area (Å²) in [6.07, 6.45) is 12.7. The first-order valence-electron chi connectivity index (χ1n) is 19.2. The van der Waals surface area contributed by atoms with Gasteiger partial charge in [-0.15, -0.1) is 0 Å². The van der Waals surface area contributed by atoms with E-state index >= 15 is 0 Å². The Labute approximate surface area is 296 Å². The third-order valence-corrected chi connectivity index (χ3v) is 7.68. The summed E-state index contributed by atoms with van der Waals surface area (Å²) in [5.41, 5.74) is 0. The zero-order valence-electron chi connectivity index (χ0n) is 33.1. The number of carbonyl (C=O) groups excluding carboxylic acids is 4. The molecule has 0 aromatic carbocycles. The number of aliphatic carboxylic acids is 2. The molecule has 10 heteroatoms. The van der Waals surface area contributed by atoms with Gasteiger partial charge in [-0.1, -0.05) is 82.1 Å². The third kappa shape index (κ3) is 35.1. The number of carbonyl (C=O) groups is 4. The van der Waals surface area contributed by atoms with Crippen molar-refractivity contribution in [2.24, 2.45) is 0 Å². The van der Waals surface area contributed by atoms with E-state index in [1.807, 2.05) is 13.8 Å². The van der Waals surface area contributed by atoms with Crippen molar-refractivity contribution >= 4 is 23.9 Å². The van der Waals surface area contributed by atoms with Crippen LogP contribution in [0, 0.1) is 0 Å². The second-order valence-electron chi connectivity index (χ2n) is 12.7. The van der Waals surface area contributed by atoms with E-state index in [-0.39, 0.29) is 0 Å². The third-order valence-electron chi connectivity index (χ3n) is 7.68. The summed E-state index contributed by atoms with van der Waals surface area (Å²) < 4.78 is 11.8. The number of unbranched alkanes of at least 4 members (excludes halogenated alkanes) is 2. The molecule has 0 N–H and O–H groups in total. The molecule has 0 fully saturated rings. The van der Waals surface area contributed by atoms with Crippen LogP contribution in [0.1, 0.15) is 159 Å². The maximum atomic E-state index is 10.5. The largest absolute Gasteiger partial charge is 0.550 e. The molecule has 0 radical (unpaired) electrons. The lowest BCUT2D eigenvalue weighted by molar-refractivity contribution is -0.928. The van der Waals surface area contributed by atoms with Crippen LogP contribution in [-0.2, 0) is 28.7 Å². The van der Waals surface area contributed by atoms with E-state index in [4.69, 9.17) is 0 Å². The second kappa shape index (κ2) is 37.6. The van der Waals surface area contributed by atoms with Gasteiger partial charge in [0.15, 0.2) is 0 Å². The lowest BCUT2D eigenvalue weighted by atomic mass is 10.2. The predicted molar refractivity (Wildman–Crippen MR) is 193 cm³/mol. The minimum Gasteiger partial charge on any atom is -0.550 e. The number of esters is 2. The molecule has 0 bridgehead atoms. The summed E-state index contributed by atoms with van der Waals surface area (Å²) >= 11 is 0. The van der Waals surface area contributed by atoms with E-state index in [9.17, 15) is 29.4 Å². The van der Waals surface area contributed by atoms with Crippen molar-refractivity contribution in [1.29, 1.82) is 0 Å². The number of quaternary nitrogens is 2. The Morgan fingerprint density at radius 2 is 0.604 bits per heavy atom. The Hall–Kier alpha value is -2.20. The molecule has 0 aliphatic heterocycles. The Balaban J connectivity index is -0.000000270. The summed E-state index contributed by atoms with van der Waals surface area (Å²) in [5.74, 6) is -4.24. The molecule has 0 aromatic heterocycles. The van der Waals surface area contributed by atoms with Crippen molar-refractivity contribution in [3.8, 4) is 0 Å². The molecule has 0 unspecified atom stereocenters. The fourth-order valence-electron chi connectivity index (χ4n) is 6.13. The number of hydrogen-bond acceptors (Lipinski definition) is 8. The molecule has 0 heterocycles. The lowest BCUT2D eigenvalue weighted by Gasteiger charge is -2.38. The van der Waals surface area contributed by atoms with Crippen LogP contribution in [0.15, 0.2) is 0 Å². The highest BCUT2D eigenvalue weighted by Crippen LogP contribution is 2.13. The maximum absolute atomic E-state index is 10.5. The highest BCUT2D eigenvalue weighted by Gasteiger charge is 2.23. The Bertz CT molecular complexity index is 640. The van der Waals surface area contributed by atoms with Crippen LogP contribution in [-0.4, -0.2) is 98.4 Å². The van der Waals surface area contributed by atoms with E-state index < -0.39 is 36.7 Å². The summed E-state index contributed by atoms with van der Waals surface area (Å²) in [4.78, 5) is 40.6. The van der Waals surface area contributed by atoms with Gasteiger partial charge in [0.1, 0.15) is 0 Å². The van der Waals surface area contributed by atoms with Gasteiger partial charge in [-0.3, -0.25) is 9.59 Å². The Kier molecular flexibility index (Phi) is 41.2. The SMILES string of the molecule is CCCCOC(=O)CC(=O)[O-].CCCCOC(=O)CC(=O)[O-].CCC[N+](CCC)(CCC)CCC.CCC[N+](CCC)(CCC)CCC. The van der Waals surface area contributed by atoms with E-state index in [0.717, 1.165) is 25.7 Å². The standard InChI is InChI=1S/2C12H28N.2C7H12O4/c2*1-5-9-13(10-6-2,11-7-3)12-8-4;2*1-2-3-4-11-7(10)5-6(8)9/h2*5-12H2,1-4H3;2*2-5H2,1H3,(H,8,9)/q2*+1;;/p-2. The van der Waals surface area contributed by atoms with Gasteiger partial charge in [-0.05, 0) is 64.2 Å². The number of rotatable bonds is 26. The molecule has 0 atom stereocenters. The monoisotopic (exact) mass is 691 g/mol. The number of carboxylic acid groups (broad SMARTS) is 2. The van der Waals surface area contributed by atoms with Gasteiger partial charge in [0.25, 0.3) is 0 Å². The number of ether oxygens (including phenoxy) is 2. The molecule has 10 nitrogen and oxygen atoms in total. The number of carboxylic acids is 2. The maximum Gasteiger partial charge on any atom is 0.311 e. The molecular weight excluding hydrogens is 612 g/mol. The van der Waals surface area contributed by atoms with E-state index in [1.54, 1.807) is 0 Å². The average Bonchev–Trinajstić information content (AvgIpc) is 2.99. The van der Waals surface area contributed by atoms with Gasteiger partial charge in [0.2, 0.25) is 0 Å². The average molecular weight is 691 g/mol. The minimum atomic E-state index is -1.40. The molecule has 0 saturated carbocycles. The molecule has 0 saturated heterocycles.